The van der Waals surface area contributed by atoms with E-state index >= 15 is 0 Å². The van der Waals surface area contributed by atoms with Gasteiger partial charge in [-0.05, 0) is 38.0 Å². The fourth-order valence-corrected chi connectivity index (χ4v) is 2.75. The maximum absolute atomic E-state index is 11.9. The molecule has 1 heterocycles. The molecular weight excluding hydrogens is 308 g/mol. The smallest absolute Gasteiger partial charge is 0.328 e. The maximum Gasteiger partial charge on any atom is 0.328 e. The van der Waals surface area contributed by atoms with Gasteiger partial charge in [0.1, 0.15) is 12.1 Å². The molecule has 100 valence electrons. The first kappa shape index (κ1) is 13.9. The third kappa shape index (κ3) is 2.90. The molecule has 0 aliphatic carbocycles. The van der Waals surface area contributed by atoms with Gasteiger partial charge in [-0.2, -0.15) is 5.26 Å². The van der Waals surface area contributed by atoms with E-state index in [9.17, 15) is 10.1 Å². The zero-order valence-electron chi connectivity index (χ0n) is 10.7. The van der Waals surface area contributed by atoms with Gasteiger partial charge in [0.05, 0.1) is 17.9 Å². The molecule has 0 N–H and O–H groups in total. The zero-order valence-corrected chi connectivity index (χ0v) is 12.3. The molecule has 1 aliphatic heterocycles. The Morgan fingerprint density at radius 3 is 3.11 bits per heavy atom. The molecule has 1 saturated heterocycles. The Hall–Kier alpha value is -1.54. The van der Waals surface area contributed by atoms with Crippen molar-refractivity contribution in [3.8, 4) is 6.07 Å². The van der Waals surface area contributed by atoms with Crippen LogP contribution in [0.4, 0.5) is 5.69 Å². The molecule has 0 spiro atoms. The predicted octanol–water partition coefficient (Wildman–Crippen LogP) is 2.85. The lowest BCUT2D eigenvalue weighted by Gasteiger charge is -2.26. The van der Waals surface area contributed by atoms with Crippen LogP contribution in [0.15, 0.2) is 22.7 Å². The van der Waals surface area contributed by atoms with Crippen LogP contribution in [-0.2, 0) is 9.53 Å². The Balaban J connectivity index is 2.30. The largest absolute Gasteiger partial charge is 0.464 e. The SMILES string of the molecule is CCOC(=O)C1CCCN1c1ccc(Br)cc1C#N. The molecule has 0 amide bonds. The van der Waals surface area contributed by atoms with Crippen LogP contribution in [0.5, 0.6) is 0 Å². The van der Waals surface area contributed by atoms with Crippen LogP contribution in [0.1, 0.15) is 25.3 Å². The molecule has 2 rings (SSSR count). The number of anilines is 1. The van der Waals surface area contributed by atoms with Crippen LogP contribution in [0, 0.1) is 11.3 Å². The minimum absolute atomic E-state index is 0.202. The number of halogens is 1. The van der Waals surface area contributed by atoms with E-state index < -0.39 is 0 Å². The van der Waals surface area contributed by atoms with Gasteiger partial charge in [0, 0.05) is 11.0 Å². The minimum atomic E-state index is -0.270. The quantitative estimate of drug-likeness (QED) is 0.803. The fraction of sp³-hybridized carbons (Fsp3) is 0.429. The minimum Gasteiger partial charge on any atom is -0.464 e. The molecule has 1 unspecified atom stereocenters. The molecule has 5 heteroatoms. The van der Waals surface area contributed by atoms with E-state index in [4.69, 9.17) is 4.74 Å². The Labute approximate surface area is 121 Å². The van der Waals surface area contributed by atoms with Crippen molar-refractivity contribution in [3.63, 3.8) is 0 Å². The highest BCUT2D eigenvalue weighted by Crippen LogP contribution is 2.30. The number of nitriles is 1. The Kier molecular flexibility index (Phi) is 4.43. The van der Waals surface area contributed by atoms with Crippen molar-refractivity contribution in [3.05, 3.63) is 28.2 Å². The van der Waals surface area contributed by atoms with Crippen LogP contribution < -0.4 is 4.90 Å². The summed E-state index contributed by atoms with van der Waals surface area (Å²) in [6.07, 6.45) is 1.71. The summed E-state index contributed by atoms with van der Waals surface area (Å²) in [5.74, 6) is -0.202. The van der Waals surface area contributed by atoms with Gasteiger partial charge in [-0.1, -0.05) is 15.9 Å². The van der Waals surface area contributed by atoms with Crippen LogP contribution in [-0.4, -0.2) is 25.2 Å². The summed E-state index contributed by atoms with van der Waals surface area (Å²) in [4.78, 5) is 13.9. The number of hydrogen-bond donors (Lipinski definition) is 0. The van der Waals surface area contributed by atoms with Crippen molar-refractivity contribution in [2.24, 2.45) is 0 Å². The van der Waals surface area contributed by atoms with Gasteiger partial charge in [-0.3, -0.25) is 0 Å². The van der Waals surface area contributed by atoms with Gasteiger partial charge in [-0.15, -0.1) is 0 Å². The molecule has 1 aliphatic rings. The number of ether oxygens (including phenoxy) is 1. The first-order valence-electron chi connectivity index (χ1n) is 6.30. The van der Waals surface area contributed by atoms with E-state index in [0.717, 1.165) is 29.5 Å². The van der Waals surface area contributed by atoms with Gasteiger partial charge >= 0.3 is 5.97 Å². The normalized spacial score (nSPS) is 18.2. The van der Waals surface area contributed by atoms with Gasteiger partial charge in [-0.25, -0.2) is 4.79 Å². The molecule has 0 saturated carbocycles. The highest BCUT2D eigenvalue weighted by atomic mass is 79.9. The van der Waals surface area contributed by atoms with Crippen LogP contribution in [0.3, 0.4) is 0 Å². The Morgan fingerprint density at radius 1 is 1.63 bits per heavy atom. The van der Waals surface area contributed by atoms with Crippen molar-refractivity contribution in [2.75, 3.05) is 18.1 Å². The van der Waals surface area contributed by atoms with Crippen LogP contribution >= 0.6 is 15.9 Å². The molecule has 0 bridgehead atoms. The Bertz CT molecular complexity index is 525. The second kappa shape index (κ2) is 6.07. The summed E-state index contributed by atoms with van der Waals surface area (Å²) in [7, 11) is 0. The maximum atomic E-state index is 11.9. The molecular formula is C14H15BrN2O2. The van der Waals surface area contributed by atoms with E-state index in [0.29, 0.717) is 12.2 Å². The number of benzene rings is 1. The number of hydrogen-bond acceptors (Lipinski definition) is 4. The molecule has 19 heavy (non-hydrogen) atoms. The summed E-state index contributed by atoms with van der Waals surface area (Å²) in [5, 5.41) is 9.22. The van der Waals surface area contributed by atoms with Gasteiger partial charge in [0.25, 0.3) is 0 Å². The van der Waals surface area contributed by atoms with Gasteiger partial charge in [0.15, 0.2) is 0 Å². The highest BCUT2D eigenvalue weighted by molar-refractivity contribution is 9.10. The van der Waals surface area contributed by atoms with Crippen molar-refractivity contribution in [1.82, 2.24) is 0 Å². The average molecular weight is 323 g/mol. The fourth-order valence-electron chi connectivity index (χ4n) is 2.39. The average Bonchev–Trinajstić information content (AvgIpc) is 2.88. The van der Waals surface area contributed by atoms with Crippen molar-refractivity contribution in [2.45, 2.75) is 25.8 Å². The van der Waals surface area contributed by atoms with E-state index in [-0.39, 0.29) is 12.0 Å². The van der Waals surface area contributed by atoms with E-state index in [2.05, 4.69) is 22.0 Å². The van der Waals surface area contributed by atoms with E-state index in [1.807, 2.05) is 17.0 Å². The number of esters is 1. The number of nitrogens with zero attached hydrogens (tertiary/aromatic N) is 2. The third-order valence-corrected chi connectivity index (χ3v) is 3.69. The second-order valence-corrected chi connectivity index (χ2v) is 5.29. The zero-order chi connectivity index (χ0) is 13.8. The summed E-state index contributed by atoms with van der Waals surface area (Å²) < 4.78 is 5.96. The lowest BCUT2D eigenvalue weighted by Crippen LogP contribution is -2.37. The van der Waals surface area contributed by atoms with Crippen molar-refractivity contribution >= 4 is 27.6 Å². The Morgan fingerprint density at radius 2 is 2.42 bits per heavy atom. The lowest BCUT2D eigenvalue weighted by molar-refractivity contribution is -0.144. The topological polar surface area (TPSA) is 53.3 Å². The van der Waals surface area contributed by atoms with Gasteiger partial charge in [0.2, 0.25) is 0 Å². The summed E-state index contributed by atoms with van der Waals surface area (Å²) >= 11 is 3.35. The molecule has 1 atom stereocenters. The molecule has 1 aromatic rings. The predicted molar refractivity (Wildman–Crippen MR) is 75.9 cm³/mol. The standard InChI is InChI=1S/C14H15BrN2O2/c1-2-19-14(18)13-4-3-7-17(13)12-6-5-11(15)8-10(12)9-16/h5-6,8,13H,2-4,7H2,1H3. The summed E-state index contributed by atoms with van der Waals surface area (Å²) in [6, 6.07) is 7.45. The van der Waals surface area contributed by atoms with Crippen LogP contribution in [0.2, 0.25) is 0 Å². The van der Waals surface area contributed by atoms with Crippen molar-refractivity contribution < 1.29 is 9.53 Å². The lowest BCUT2D eigenvalue weighted by atomic mass is 10.1. The first-order chi connectivity index (χ1) is 9.17. The van der Waals surface area contributed by atoms with E-state index in [1.54, 1.807) is 13.0 Å². The van der Waals surface area contributed by atoms with Gasteiger partial charge < -0.3 is 9.64 Å². The number of carbonyl (C=O) groups is 1. The van der Waals surface area contributed by atoms with Crippen LogP contribution in [0.25, 0.3) is 0 Å². The first-order valence-corrected chi connectivity index (χ1v) is 7.09. The summed E-state index contributed by atoms with van der Waals surface area (Å²) in [6.45, 7) is 2.96. The molecule has 1 aromatic carbocycles. The van der Waals surface area contributed by atoms with E-state index in [1.165, 1.54) is 0 Å². The molecule has 0 radical (unpaired) electrons. The number of rotatable bonds is 3. The molecule has 4 nitrogen and oxygen atoms in total. The van der Waals surface area contributed by atoms with Crippen molar-refractivity contribution in [1.29, 1.82) is 5.26 Å². The molecule has 1 fully saturated rings. The highest BCUT2D eigenvalue weighted by Gasteiger charge is 2.33. The molecule has 0 aromatic heterocycles. The second-order valence-electron chi connectivity index (χ2n) is 4.38. The monoisotopic (exact) mass is 322 g/mol. The third-order valence-electron chi connectivity index (χ3n) is 3.20. The summed E-state index contributed by atoms with van der Waals surface area (Å²) in [5.41, 5.74) is 1.38. The number of carbonyl (C=O) groups excluding carboxylic acids is 1.